The van der Waals surface area contributed by atoms with Gasteiger partial charge in [-0.3, -0.25) is 4.98 Å². The normalized spacial score (nSPS) is 10.2. The number of hydrogen-bond donors (Lipinski definition) is 2. The van der Waals surface area contributed by atoms with Crippen molar-refractivity contribution in [1.29, 1.82) is 0 Å². The summed E-state index contributed by atoms with van der Waals surface area (Å²) in [5.41, 5.74) is 8.04. The fraction of sp³-hybridized carbons (Fsp3) is 0.111. The van der Waals surface area contributed by atoms with Crippen molar-refractivity contribution < 1.29 is 0 Å². The summed E-state index contributed by atoms with van der Waals surface area (Å²) in [4.78, 5) is 9.34. The summed E-state index contributed by atoms with van der Waals surface area (Å²) in [5.74, 6) is 0.789. The average molecular weight is 285 g/mol. The highest BCUT2D eigenvalue weighted by atomic mass is 79.9. The molecule has 2 rings (SSSR count). The molecule has 0 bridgehead atoms. The number of nitrogens with one attached hydrogen (secondary N) is 1. The largest absolute Gasteiger partial charge is 0.397 e. The van der Waals surface area contributed by atoms with Gasteiger partial charge in [-0.25, -0.2) is 4.98 Å². The number of halogens is 1. The summed E-state index contributed by atoms with van der Waals surface area (Å²) >= 11 is 5.00. The van der Waals surface area contributed by atoms with E-state index in [-0.39, 0.29) is 0 Å². The molecule has 0 aliphatic rings. The lowest BCUT2D eigenvalue weighted by Gasteiger charge is -2.06. The van der Waals surface area contributed by atoms with Crippen molar-refractivity contribution in [3.05, 3.63) is 33.3 Å². The van der Waals surface area contributed by atoms with Gasteiger partial charge >= 0.3 is 0 Å². The van der Waals surface area contributed by atoms with Gasteiger partial charge in [-0.1, -0.05) is 0 Å². The molecule has 78 valence electrons. The van der Waals surface area contributed by atoms with Gasteiger partial charge in [-0.2, -0.15) is 0 Å². The number of pyridine rings is 1. The number of thiazole rings is 1. The van der Waals surface area contributed by atoms with Crippen molar-refractivity contribution >= 4 is 38.8 Å². The molecule has 0 atom stereocenters. The van der Waals surface area contributed by atoms with Crippen LogP contribution >= 0.6 is 27.3 Å². The lowest BCUT2D eigenvalue weighted by Crippen LogP contribution is -2.01. The first-order chi connectivity index (χ1) is 7.25. The molecule has 0 radical (unpaired) electrons. The monoisotopic (exact) mass is 284 g/mol. The number of rotatable bonds is 3. The molecule has 0 aliphatic carbocycles. The van der Waals surface area contributed by atoms with E-state index >= 15 is 0 Å². The standard InChI is InChI=1S/C9H9BrN4S/c10-8-1-6(11)2-13-9(8)14-4-7-3-12-5-15-7/h1-3,5H,4,11H2,(H,13,14). The van der Waals surface area contributed by atoms with Crippen LogP contribution in [-0.2, 0) is 6.54 Å². The van der Waals surface area contributed by atoms with Gasteiger partial charge in [0, 0.05) is 11.1 Å². The van der Waals surface area contributed by atoms with Crippen LogP contribution in [0.4, 0.5) is 11.5 Å². The van der Waals surface area contributed by atoms with Gasteiger partial charge in [-0.15, -0.1) is 11.3 Å². The van der Waals surface area contributed by atoms with E-state index in [2.05, 4.69) is 31.2 Å². The first kappa shape index (κ1) is 10.4. The molecule has 3 N–H and O–H groups in total. The predicted octanol–water partition coefficient (Wildman–Crippen LogP) is 2.49. The fourth-order valence-electron chi connectivity index (χ4n) is 1.08. The summed E-state index contributed by atoms with van der Waals surface area (Å²) in [6.07, 6.45) is 3.46. The Bertz CT molecular complexity index is 443. The summed E-state index contributed by atoms with van der Waals surface area (Å²) in [7, 11) is 0. The van der Waals surface area contributed by atoms with Crippen molar-refractivity contribution in [2.45, 2.75) is 6.54 Å². The van der Waals surface area contributed by atoms with E-state index in [1.807, 2.05) is 17.8 Å². The number of nitrogens with two attached hydrogens (primary N) is 1. The Morgan fingerprint density at radius 2 is 2.33 bits per heavy atom. The fourth-order valence-corrected chi connectivity index (χ4v) is 2.12. The second kappa shape index (κ2) is 4.59. The van der Waals surface area contributed by atoms with Gasteiger partial charge in [-0.05, 0) is 22.0 Å². The molecule has 0 saturated heterocycles. The van der Waals surface area contributed by atoms with Crippen molar-refractivity contribution in [3.8, 4) is 0 Å². The maximum Gasteiger partial charge on any atom is 0.140 e. The van der Waals surface area contributed by atoms with Crippen molar-refractivity contribution in [1.82, 2.24) is 9.97 Å². The Kier molecular flexibility index (Phi) is 3.17. The molecule has 2 aromatic heterocycles. The summed E-state index contributed by atoms with van der Waals surface area (Å²) < 4.78 is 0.868. The van der Waals surface area contributed by atoms with E-state index in [1.54, 1.807) is 17.5 Å². The summed E-state index contributed by atoms with van der Waals surface area (Å²) in [5, 5.41) is 3.20. The Morgan fingerprint density at radius 3 is 3.00 bits per heavy atom. The molecule has 0 spiro atoms. The highest BCUT2D eigenvalue weighted by molar-refractivity contribution is 9.10. The highest BCUT2D eigenvalue weighted by Crippen LogP contribution is 2.22. The third kappa shape index (κ3) is 2.66. The van der Waals surface area contributed by atoms with Gasteiger partial charge in [0.25, 0.3) is 0 Å². The van der Waals surface area contributed by atoms with Crippen LogP contribution in [0, 0.1) is 0 Å². The number of anilines is 2. The molecule has 2 heterocycles. The van der Waals surface area contributed by atoms with Crippen LogP contribution in [0.15, 0.2) is 28.4 Å². The molecule has 4 nitrogen and oxygen atoms in total. The topological polar surface area (TPSA) is 63.8 Å². The molecule has 0 aliphatic heterocycles. The van der Waals surface area contributed by atoms with Crippen LogP contribution < -0.4 is 11.1 Å². The third-order valence-electron chi connectivity index (χ3n) is 1.78. The lowest BCUT2D eigenvalue weighted by molar-refractivity contribution is 1.12. The van der Waals surface area contributed by atoms with Crippen LogP contribution in [0.3, 0.4) is 0 Å². The molecule has 6 heteroatoms. The van der Waals surface area contributed by atoms with E-state index in [4.69, 9.17) is 5.73 Å². The first-order valence-corrected chi connectivity index (χ1v) is 5.95. The Labute approximate surface area is 99.7 Å². The molecule has 0 fully saturated rings. The zero-order chi connectivity index (χ0) is 10.7. The van der Waals surface area contributed by atoms with E-state index in [0.717, 1.165) is 16.8 Å². The van der Waals surface area contributed by atoms with Gasteiger partial charge in [0.15, 0.2) is 0 Å². The molecule has 15 heavy (non-hydrogen) atoms. The van der Waals surface area contributed by atoms with Crippen LogP contribution in [-0.4, -0.2) is 9.97 Å². The van der Waals surface area contributed by atoms with Gasteiger partial charge < -0.3 is 11.1 Å². The summed E-state index contributed by atoms with van der Waals surface area (Å²) in [6, 6.07) is 1.82. The predicted molar refractivity (Wildman–Crippen MR) is 65.8 cm³/mol. The van der Waals surface area contributed by atoms with Gasteiger partial charge in [0.1, 0.15) is 5.82 Å². The van der Waals surface area contributed by atoms with Crippen LogP contribution in [0.2, 0.25) is 0 Å². The quantitative estimate of drug-likeness (QED) is 0.909. The van der Waals surface area contributed by atoms with E-state index in [1.165, 1.54) is 4.88 Å². The molecule has 0 saturated carbocycles. The van der Waals surface area contributed by atoms with Crippen LogP contribution in [0.1, 0.15) is 4.88 Å². The number of nitrogen functional groups attached to an aromatic ring is 1. The smallest absolute Gasteiger partial charge is 0.140 e. The zero-order valence-electron chi connectivity index (χ0n) is 7.77. The van der Waals surface area contributed by atoms with Crippen molar-refractivity contribution in [3.63, 3.8) is 0 Å². The summed E-state index contributed by atoms with van der Waals surface area (Å²) in [6.45, 7) is 0.722. The molecule has 2 aromatic rings. The number of nitrogens with zero attached hydrogens (tertiary/aromatic N) is 2. The van der Waals surface area contributed by atoms with E-state index < -0.39 is 0 Å². The van der Waals surface area contributed by atoms with Crippen molar-refractivity contribution in [2.75, 3.05) is 11.1 Å². The zero-order valence-corrected chi connectivity index (χ0v) is 10.2. The third-order valence-corrected chi connectivity index (χ3v) is 3.16. The second-order valence-corrected chi connectivity index (χ2v) is 4.75. The maximum absolute atomic E-state index is 5.59. The van der Waals surface area contributed by atoms with E-state index in [9.17, 15) is 0 Å². The minimum absolute atomic E-state index is 0.644. The van der Waals surface area contributed by atoms with Crippen molar-refractivity contribution in [2.24, 2.45) is 0 Å². The van der Waals surface area contributed by atoms with Gasteiger partial charge in [0.05, 0.1) is 28.4 Å². The second-order valence-electron chi connectivity index (χ2n) is 2.92. The van der Waals surface area contributed by atoms with Crippen LogP contribution in [0.25, 0.3) is 0 Å². The van der Waals surface area contributed by atoms with Gasteiger partial charge in [0.2, 0.25) is 0 Å². The highest BCUT2D eigenvalue weighted by Gasteiger charge is 2.01. The minimum Gasteiger partial charge on any atom is -0.397 e. The Hall–Kier alpha value is -1.14. The molecular weight excluding hydrogens is 276 g/mol. The lowest BCUT2D eigenvalue weighted by atomic mass is 10.4. The number of hydrogen-bond acceptors (Lipinski definition) is 5. The van der Waals surface area contributed by atoms with Crippen LogP contribution in [0.5, 0.6) is 0 Å². The molecular formula is C9H9BrN4S. The molecule has 0 unspecified atom stereocenters. The molecule has 0 amide bonds. The maximum atomic E-state index is 5.59. The molecule has 0 aromatic carbocycles. The average Bonchev–Trinajstić information content (AvgIpc) is 2.69. The number of aromatic nitrogens is 2. The van der Waals surface area contributed by atoms with E-state index in [0.29, 0.717) is 5.69 Å². The Morgan fingerprint density at radius 1 is 1.47 bits per heavy atom. The first-order valence-electron chi connectivity index (χ1n) is 4.28. The SMILES string of the molecule is Nc1cnc(NCc2cncs2)c(Br)c1. The minimum atomic E-state index is 0.644. The Balaban J connectivity index is 2.05.